The maximum atomic E-state index is 13.0. The highest BCUT2D eigenvalue weighted by atomic mass is 16.5. The molecule has 5 nitrogen and oxygen atoms in total. The van der Waals surface area contributed by atoms with Gasteiger partial charge < -0.3 is 14.5 Å². The van der Waals surface area contributed by atoms with E-state index in [9.17, 15) is 9.59 Å². The molecular weight excluding hydrogens is 340 g/mol. The van der Waals surface area contributed by atoms with E-state index in [4.69, 9.17) is 4.74 Å². The van der Waals surface area contributed by atoms with Crippen LogP contribution in [0.15, 0.2) is 54.7 Å². The van der Waals surface area contributed by atoms with Crippen molar-refractivity contribution in [2.45, 2.75) is 32.7 Å². The number of amides is 1. The lowest BCUT2D eigenvalue weighted by atomic mass is 10.0. The fourth-order valence-electron chi connectivity index (χ4n) is 3.25. The molecule has 3 aromatic rings. The van der Waals surface area contributed by atoms with Crippen molar-refractivity contribution >= 4 is 17.2 Å². The molecule has 0 radical (unpaired) electrons. The zero-order chi connectivity index (χ0) is 19.4. The van der Waals surface area contributed by atoms with Crippen LogP contribution in [0.1, 0.15) is 37.2 Å². The number of nitrogens with zero attached hydrogens (tertiary/aromatic N) is 1. The average molecular weight is 364 g/mol. The largest absolute Gasteiger partial charge is 0.497 e. The Kier molecular flexibility index (Phi) is 5.60. The van der Waals surface area contributed by atoms with E-state index in [1.165, 1.54) is 0 Å². The first-order chi connectivity index (χ1) is 13.0. The minimum atomic E-state index is -0.574. The van der Waals surface area contributed by atoms with Crippen LogP contribution < -0.4 is 10.1 Å². The third-order valence-electron chi connectivity index (χ3n) is 4.60. The number of Topliss-reactive ketones (excluding diaryl/α,β-unsaturated/α-hetero) is 1. The molecule has 1 aromatic carbocycles. The standard InChI is InChI=1S/C22H24N2O3/c1-4-7-15(2)23-22(26)21(25)20-19(14-17-8-5-6-13-24(17)20)16-9-11-18(27-3)12-10-16/h5-6,8-15H,4,7H2,1-3H3,(H,23,26)/t15-/m0/s1. The number of carbonyl (C=O) groups is 2. The van der Waals surface area contributed by atoms with Gasteiger partial charge >= 0.3 is 0 Å². The van der Waals surface area contributed by atoms with Crippen molar-refractivity contribution in [1.82, 2.24) is 9.72 Å². The number of pyridine rings is 1. The predicted molar refractivity (Wildman–Crippen MR) is 106 cm³/mol. The third kappa shape index (κ3) is 3.87. The zero-order valence-corrected chi connectivity index (χ0v) is 15.9. The van der Waals surface area contributed by atoms with Crippen molar-refractivity contribution in [1.29, 1.82) is 0 Å². The minimum absolute atomic E-state index is 0.0397. The summed E-state index contributed by atoms with van der Waals surface area (Å²) in [5, 5.41) is 2.81. The van der Waals surface area contributed by atoms with Gasteiger partial charge in [-0.15, -0.1) is 0 Å². The molecule has 0 fully saturated rings. The van der Waals surface area contributed by atoms with Crippen LogP contribution in [0.25, 0.3) is 16.6 Å². The summed E-state index contributed by atoms with van der Waals surface area (Å²) in [5.41, 5.74) is 2.82. The average Bonchev–Trinajstić information content (AvgIpc) is 3.07. The quantitative estimate of drug-likeness (QED) is 0.507. The smallest absolute Gasteiger partial charge is 0.294 e. The van der Waals surface area contributed by atoms with Crippen LogP contribution in [-0.4, -0.2) is 29.2 Å². The molecule has 2 aromatic heterocycles. The Morgan fingerprint density at radius 2 is 1.89 bits per heavy atom. The van der Waals surface area contributed by atoms with Crippen molar-refractivity contribution in [2.75, 3.05) is 7.11 Å². The Hall–Kier alpha value is -3.08. The highest BCUT2D eigenvalue weighted by Crippen LogP contribution is 2.29. The normalized spacial score (nSPS) is 12.0. The molecule has 0 saturated heterocycles. The molecule has 3 rings (SSSR count). The summed E-state index contributed by atoms with van der Waals surface area (Å²) in [6.07, 6.45) is 3.58. The summed E-state index contributed by atoms with van der Waals surface area (Å²) in [6.45, 7) is 3.96. The highest BCUT2D eigenvalue weighted by molar-refractivity contribution is 6.43. The fraction of sp³-hybridized carbons (Fsp3) is 0.273. The van der Waals surface area contributed by atoms with Gasteiger partial charge in [0.25, 0.3) is 11.7 Å². The summed E-state index contributed by atoms with van der Waals surface area (Å²) in [6, 6.07) is 15.0. The number of carbonyl (C=O) groups excluding carboxylic acids is 2. The van der Waals surface area contributed by atoms with E-state index in [2.05, 4.69) is 5.32 Å². The van der Waals surface area contributed by atoms with Gasteiger partial charge in [-0.3, -0.25) is 9.59 Å². The van der Waals surface area contributed by atoms with Crippen LogP contribution in [0.5, 0.6) is 5.75 Å². The molecule has 0 spiro atoms. The van der Waals surface area contributed by atoms with Gasteiger partial charge in [0, 0.05) is 23.3 Å². The Balaban J connectivity index is 2.04. The summed E-state index contributed by atoms with van der Waals surface area (Å²) < 4.78 is 6.98. The lowest BCUT2D eigenvalue weighted by Gasteiger charge is -2.13. The number of fused-ring (bicyclic) bond motifs is 1. The molecule has 27 heavy (non-hydrogen) atoms. The Bertz CT molecular complexity index is 957. The molecule has 1 N–H and O–H groups in total. The number of nitrogens with one attached hydrogen (secondary N) is 1. The first-order valence-corrected chi connectivity index (χ1v) is 9.14. The molecule has 1 atom stereocenters. The van der Waals surface area contributed by atoms with Crippen molar-refractivity contribution in [3.05, 3.63) is 60.4 Å². The number of ketones is 1. The van der Waals surface area contributed by atoms with Crippen LogP contribution in [0, 0.1) is 0 Å². The number of hydrogen-bond acceptors (Lipinski definition) is 3. The van der Waals surface area contributed by atoms with E-state index in [0.29, 0.717) is 5.69 Å². The number of methoxy groups -OCH3 is 1. The number of benzene rings is 1. The number of ether oxygens (including phenoxy) is 1. The number of rotatable bonds is 7. The second-order valence-corrected chi connectivity index (χ2v) is 6.62. The molecule has 0 bridgehead atoms. The lowest BCUT2D eigenvalue weighted by Crippen LogP contribution is -2.38. The highest BCUT2D eigenvalue weighted by Gasteiger charge is 2.25. The van der Waals surface area contributed by atoms with Crippen LogP contribution in [0.2, 0.25) is 0 Å². The monoisotopic (exact) mass is 364 g/mol. The van der Waals surface area contributed by atoms with Gasteiger partial charge in [-0.25, -0.2) is 0 Å². The maximum Gasteiger partial charge on any atom is 0.294 e. The van der Waals surface area contributed by atoms with Crippen molar-refractivity contribution < 1.29 is 14.3 Å². The molecule has 0 aliphatic carbocycles. The molecule has 140 valence electrons. The number of hydrogen-bond donors (Lipinski definition) is 1. The van der Waals surface area contributed by atoms with E-state index in [-0.39, 0.29) is 6.04 Å². The zero-order valence-electron chi connectivity index (χ0n) is 15.9. The van der Waals surface area contributed by atoms with Crippen LogP contribution in [-0.2, 0) is 4.79 Å². The molecule has 0 saturated carbocycles. The molecule has 0 unspecified atom stereocenters. The second-order valence-electron chi connectivity index (χ2n) is 6.62. The number of aromatic nitrogens is 1. The predicted octanol–water partition coefficient (Wildman–Crippen LogP) is 4.10. The summed E-state index contributed by atoms with van der Waals surface area (Å²) >= 11 is 0. The molecule has 0 aliphatic rings. The maximum absolute atomic E-state index is 13.0. The van der Waals surface area contributed by atoms with E-state index >= 15 is 0 Å². The van der Waals surface area contributed by atoms with Gasteiger partial charge in [0.15, 0.2) is 0 Å². The van der Waals surface area contributed by atoms with Crippen LogP contribution >= 0.6 is 0 Å². The van der Waals surface area contributed by atoms with Gasteiger partial charge in [-0.05, 0) is 49.2 Å². The Labute approximate surface area is 159 Å². The van der Waals surface area contributed by atoms with Crippen molar-refractivity contribution in [3.63, 3.8) is 0 Å². The second kappa shape index (κ2) is 8.08. The minimum Gasteiger partial charge on any atom is -0.497 e. The summed E-state index contributed by atoms with van der Waals surface area (Å²) in [4.78, 5) is 25.6. The molecule has 5 heteroatoms. The molecular formula is C22H24N2O3. The Morgan fingerprint density at radius 3 is 2.56 bits per heavy atom. The summed E-state index contributed by atoms with van der Waals surface area (Å²) in [7, 11) is 1.61. The van der Waals surface area contributed by atoms with Gasteiger partial charge in [0.05, 0.1) is 7.11 Å². The van der Waals surface area contributed by atoms with E-state index < -0.39 is 11.7 Å². The fourth-order valence-corrected chi connectivity index (χ4v) is 3.25. The molecule has 1 amide bonds. The van der Waals surface area contributed by atoms with E-state index in [1.807, 2.05) is 62.4 Å². The van der Waals surface area contributed by atoms with Gasteiger partial charge in [-0.2, -0.15) is 0 Å². The molecule has 0 aliphatic heterocycles. The lowest BCUT2D eigenvalue weighted by molar-refractivity contribution is -0.117. The van der Waals surface area contributed by atoms with Crippen LogP contribution in [0.4, 0.5) is 0 Å². The van der Waals surface area contributed by atoms with Gasteiger partial charge in [0.2, 0.25) is 0 Å². The van der Waals surface area contributed by atoms with Crippen molar-refractivity contribution in [3.8, 4) is 16.9 Å². The molecule has 2 heterocycles. The summed E-state index contributed by atoms with van der Waals surface area (Å²) in [5.74, 6) is -0.369. The topological polar surface area (TPSA) is 59.8 Å². The van der Waals surface area contributed by atoms with E-state index in [1.54, 1.807) is 17.7 Å². The van der Waals surface area contributed by atoms with Gasteiger partial charge in [0.1, 0.15) is 11.4 Å². The SMILES string of the molecule is CCC[C@H](C)NC(=O)C(=O)c1c(-c2ccc(OC)cc2)cc2ccccn12. The van der Waals surface area contributed by atoms with Crippen LogP contribution in [0.3, 0.4) is 0 Å². The first kappa shape index (κ1) is 18.7. The van der Waals surface area contributed by atoms with Crippen molar-refractivity contribution in [2.24, 2.45) is 0 Å². The Morgan fingerprint density at radius 1 is 1.15 bits per heavy atom. The third-order valence-corrected chi connectivity index (χ3v) is 4.60. The first-order valence-electron chi connectivity index (χ1n) is 9.14. The van der Waals surface area contributed by atoms with E-state index in [0.717, 1.165) is 35.2 Å². The van der Waals surface area contributed by atoms with Gasteiger partial charge in [-0.1, -0.05) is 31.5 Å².